The summed E-state index contributed by atoms with van der Waals surface area (Å²) < 4.78 is 5.14. The molecule has 0 bridgehead atoms. The Morgan fingerprint density at radius 2 is 1.88 bits per heavy atom. The molecule has 0 spiro atoms. The fraction of sp³-hybridized carbons (Fsp3) is 0.579. The average molecular weight is 371 g/mol. The van der Waals surface area contributed by atoms with Gasteiger partial charge in [-0.1, -0.05) is 55.1 Å². The van der Waals surface area contributed by atoms with E-state index in [1.54, 1.807) is 25.1 Å². The molecular formula is C19H24Cl2O3. The molecule has 1 fully saturated rings. The number of Topliss-reactive ketones (excluding diaryl/α,β-unsaturated/α-hetero) is 1. The van der Waals surface area contributed by atoms with Crippen molar-refractivity contribution in [1.82, 2.24) is 0 Å². The van der Waals surface area contributed by atoms with E-state index in [2.05, 4.69) is 6.92 Å². The normalized spacial score (nSPS) is 22.0. The first kappa shape index (κ1) is 19.3. The molecule has 1 unspecified atom stereocenters. The summed E-state index contributed by atoms with van der Waals surface area (Å²) in [6.45, 7) is 4.21. The SMILES string of the molecule is CCOC(=O)C(Cc1cccc(Cl)c1Cl)C(=O)C1CCC(C)CC1. The van der Waals surface area contributed by atoms with Crippen molar-refractivity contribution in [2.75, 3.05) is 6.61 Å². The molecule has 0 aliphatic heterocycles. The minimum atomic E-state index is -0.806. The molecule has 1 aromatic carbocycles. The van der Waals surface area contributed by atoms with Gasteiger partial charge in [0, 0.05) is 5.92 Å². The highest BCUT2D eigenvalue weighted by atomic mass is 35.5. The zero-order valence-electron chi connectivity index (χ0n) is 14.2. The highest BCUT2D eigenvalue weighted by Gasteiger charge is 2.35. The van der Waals surface area contributed by atoms with Crippen LogP contribution >= 0.6 is 23.2 Å². The van der Waals surface area contributed by atoms with Crippen molar-refractivity contribution in [1.29, 1.82) is 0 Å². The molecule has 3 nitrogen and oxygen atoms in total. The second-order valence-corrected chi connectivity index (χ2v) is 7.37. The molecule has 24 heavy (non-hydrogen) atoms. The van der Waals surface area contributed by atoms with Crippen LogP contribution in [-0.2, 0) is 20.7 Å². The Morgan fingerprint density at radius 1 is 1.21 bits per heavy atom. The third-order valence-corrected chi connectivity index (χ3v) is 5.65. The summed E-state index contributed by atoms with van der Waals surface area (Å²) in [6, 6.07) is 5.27. The van der Waals surface area contributed by atoms with Crippen molar-refractivity contribution in [3.63, 3.8) is 0 Å². The molecule has 1 aromatic rings. The van der Waals surface area contributed by atoms with Gasteiger partial charge in [0.2, 0.25) is 0 Å². The predicted molar refractivity (Wildman–Crippen MR) is 96.4 cm³/mol. The molecule has 1 aliphatic carbocycles. The number of halogens is 2. The lowest BCUT2D eigenvalue weighted by atomic mass is 9.76. The summed E-state index contributed by atoms with van der Waals surface area (Å²) >= 11 is 12.3. The van der Waals surface area contributed by atoms with Gasteiger partial charge in [0.05, 0.1) is 16.7 Å². The summed E-state index contributed by atoms with van der Waals surface area (Å²) in [5.41, 5.74) is 0.708. The van der Waals surface area contributed by atoms with Crippen molar-refractivity contribution in [2.45, 2.75) is 46.0 Å². The Labute approximate surface area is 153 Å². The van der Waals surface area contributed by atoms with Gasteiger partial charge in [-0.25, -0.2) is 0 Å². The molecule has 132 valence electrons. The summed E-state index contributed by atoms with van der Waals surface area (Å²) in [4.78, 5) is 25.3. The number of carbonyl (C=O) groups excluding carboxylic acids is 2. The first-order valence-corrected chi connectivity index (χ1v) is 9.32. The number of rotatable bonds is 6. The van der Waals surface area contributed by atoms with Gasteiger partial charge in [-0.3, -0.25) is 9.59 Å². The monoisotopic (exact) mass is 370 g/mol. The summed E-state index contributed by atoms with van der Waals surface area (Å²) in [5, 5.41) is 0.828. The van der Waals surface area contributed by atoms with Crippen molar-refractivity contribution < 1.29 is 14.3 Å². The third kappa shape index (κ3) is 4.73. The van der Waals surface area contributed by atoms with Crippen LogP contribution in [0.2, 0.25) is 10.0 Å². The van der Waals surface area contributed by atoms with Crippen molar-refractivity contribution >= 4 is 35.0 Å². The van der Waals surface area contributed by atoms with Gasteiger partial charge in [0.1, 0.15) is 5.92 Å². The standard InChI is InChI=1S/C19H24Cl2O3/c1-3-24-19(23)15(11-14-5-4-6-16(20)17(14)21)18(22)13-9-7-12(2)8-10-13/h4-6,12-13,15H,3,7-11H2,1-2H3. The molecular weight excluding hydrogens is 347 g/mol. The van der Waals surface area contributed by atoms with E-state index in [4.69, 9.17) is 27.9 Å². The first-order valence-electron chi connectivity index (χ1n) is 8.57. The van der Waals surface area contributed by atoms with Gasteiger partial charge in [-0.2, -0.15) is 0 Å². The van der Waals surface area contributed by atoms with Crippen molar-refractivity contribution in [3.05, 3.63) is 33.8 Å². The lowest BCUT2D eigenvalue weighted by Crippen LogP contribution is -2.34. The maximum atomic E-state index is 12.9. The first-order chi connectivity index (χ1) is 11.4. The van der Waals surface area contributed by atoms with Crippen molar-refractivity contribution in [3.8, 4) is 0 Å². The molecule has 0 heterocycles. The molecule has 0 saturated heterocycles. The van der Waals surface area contributed by atoms with E-state index in [-0.39, 0.29) is 24.7 Å². The number of hydrogen-bond acceptors (Lipinski definition) is 3. The highest BCUT2D eigenvalue weighted by Crippen LogP contribution is 2.33. The topological polar surface area (TPSA) is 43.4 Å². The van der Waals surface area contributed by atoms with E-state index >= 15 is 0 Å². The van der Waals surface area contributed by atoms with Gasteiger partial charge in [-0.05, 0) is 43.7 Å². The molecule has 1 saturated carbocycles. The fourth-order valence-electron chi connectivity index (χ4n) is 3.30. The van der Waals surface area contributed by atoms with Crippen molar-refractivity contribution in [2.24, 2.45) is 17.8 Å². The summed E-state index contributed by atoms with van der Waals surface area (Å²) in [7, 11) is 0. The predicted octanol–water partition coefficient (Wildman–Crippen LogP) is 5.11. The van der Waals surface area contributed by atoms with Gasteiger partial charge in [-0.15, -0.1) is 0 Å². The number of ether oxygens (including phenoxy) is 1. The number of ketones is 1. The Balaban J connectivity index is 2.19. The van der Waals surface area contributed by atoms with Crippen LogP contribution in [0.3, 0.4) is 0 Å². The zero-order valence-corrected chi connectivity index (χ0v) is 15.7. The molecule has 0 aromatic heterocycles. The van der Waals surface area contributed by atoms with E-state index in [0.717, 1.165) is 25.7 Å². The van der Waals surface area contributed by atoms with Gasteiger partial charge >= 0.3 is 5.97 Å². The molecule has 1 aliphatic rings. The van der Waals surface area contributed by atoms with Gasteiger partial charge < -0.3 is 4.74 Å². The Bertz CT molecular complexity index is 592. The molecule has 0 N–H and O–H groups in total. The van der Waals surface area contributed by atoms with E-state index in [9.17, 15) is 9.59 Å². The van der Waals surface area contributed by atoms with Crippen LogP contribution in [0.25, 0.3) is 0 Å². The lowest BCUT2D eigenvalue weighted by molar-refractivity contribution is -0.152. The molecule has 0 radical (unpaired) electrons. The summed E-state index contributed by atoms with van der Waals surface area (Å²) in [6.07, 6.45) is 4.00. The zero-order chi connectivity index (χ0) is 17.7. The Hall–Kier alpha value is -1.06. The average Bonchev–Trinajstić information content (AvgIpc) is 2.56. The Morgan fingerprint density at radius 3 is 2.50 bits per heavy atom. The second-order valence-electron chi connectivity index (χ2n) is 6.58. The maximum Gasteiger partial charge on any atom is 0.316 e. The number of carbonyl (C=O) groups is 2. The molecule has 1 atom stereocenters. The van der Waals surface area contributed by atoms with Crippen LogP contribution in [0.5, 0.6) is 0 Å². The van der Waals surface area contributed by atoms with Gasteiger partial charge in [0.15, 0.2) is 5.78 Å². The molecule has 5 heteroatoms. The number of hydrogen-bond donors (Lipinski definition) is 0. The van der Waals surface area contributed by atoms with Crippen LogP contribution in [-0.4, -0.2) is 18.4 Å². The largest absolute Gasteiger partial charge is 0.465 e. The third-order valence-electron chi connectivity index (χ3n) is 4.79. The van der Waals surface area contributed by atoms with Crippen LogP contribution in [0.1, 0.15) is 45.1 Å². The minimum absolute atomic E-state index is 0.0172. The summed E-state index contributed by atoms with van der Waals surface area (Å²) in [5.74, 6) is -0.695. The van der Waals surface area contributed by atoms with Crippen LogP contribution < -0.4 is 0 Å². The number of benzene rings is 1. The highest BCUT2D eigenvalue weighted by molar-refractivity contribution is 6.42. The van der Waals surface area contributed by atoms with E-state index in [0.29, 0.717) is 21.5 Å². The van der Waals surface area contributed by atoms with Gasteiger partial charge in [0.25, 0.3) is 0 Å². The molecule has 2 rings (SSSR count). The van der Waals surface area contributed by atoms with E-state index in [1.807, 2.05) is 0 Å². The quantitative estimate of drug-likeness (QED) is 0.516. The maximum absolute atomic E-state index is 12.9. The smallest absolute Gasteiger partial charge is 0.316 e. The van der Waals surface area contributed by atoms with E-state index < -0.39 is 11.9 Å². The fourth-order valence-corrected chi connectivity index (χ4v) is 3.70. The Kier molecular flexibility index (Phi) is 7.12. The number of esters is 1. The minimum Gasteiger partial charge on any atom is -0.465 e. The molecule has 0 amide bonds. The van der Waals surface area contributed by atoms with E-state index in [1.165, 1.54) is 0 Å². The second kappa shape index (κ2) is 8.87. The van der Waals surface area contributed by atoms with Crippen LogP contribution in [0.4, 0.5) is 0 Å². The van der Waals surface area contributed by atoms with Crippen LogP contribution in [0.15, 0.2) is 18.2 Å². The van der Waals surface area contributed by atoms with Crippen LogP contribution in [0, 0.1) is 17.8 Å². The lowest BCUT2D eigenvalue weighted by Gasteiger charge is -2.27.